The molecule has 1 amide bonds. The Hall–Kier alpha value is -1.39. The van der Waals surface area contributed by atoms with Crippen molar-refractivity contribution in [3.05, 3.63) is 35.4 Å². The lowest BCUT2D eigenvalue weighted by Gasteiger charge is -2.21. The fourth-order valence-corrected chi connectivity index (χ4v) is 2.24. The molecule has 1 N–H and O–H groups in total. The van der Waals surface area contributed by atoms with Crippen LogP contribution in [0.5, 0.6) is 0 Å². The molecule has 4 heteroatoms. The molecule has 0 heterocycles. The van der Waals surface area contributed by atoms with E-state index in [0.29, 0.717) is 26.1 Å². The van der Waals surface area contributed by atoms with Crippen LogP contribution < -0.4 is 0 Å². The van der Waals surface area contributed by atoms with Crippen LogP contribution in [0.3, 0.4) is 0 Å². The summed E-state index contributed by atoms with van der Waals surface area (Å²) in [5.41, 5.74) is 2.52. The maximum absolute atomic E-state index is 12.1. The highest BCUT2D eigenvalue weighted by molar-refractivity contribution is 5.76. The molecular weight excluding hydrogens is 266 g/mol. The van der Waals surface area contributed by atoms with Crippen LogP contribution in [0.2, 0.25) is 0 Å². The molecule has 0 saturated heterocycles. The number of amides is 1. The lowest BCUT2D eigenvalue weighted by Crippen LogP contribution is -2.34. The maximum Gasteiger partial charge on any atom is 0.222 e. The number of aryl methyl sites for hydroxylation is 2. The summed E-state index contributed by atoms with van der Waals surface area (Å²) in [5.74, 6) is 0.118. The second kappa shape index (κ2) is 10.4. The highest BCUT2D eigenvalue weighted by atomic mass is 16.5. The summed E-state index contributed by atoms with van der Waals surface area (Å²) in [5, 5.41) is 9.05. The van der Waals surface area contributed by atoms with Gasteiger partial charge in [0.15, 0.2) is 0 Å². The number of hydrogen-bond donors (Lipinski definition) is 1. The topological polar surface area (TPSA) is 49.8 Å². The summed E-state index contributed by atoms with van der Waals surface area (Å²) in [7, 11) is 1.65. The standard InChI is InChI=1S/C17H27NO3/c1-15-7-9-16(10-8-15)5-3-6-17(20)18(12-13-19)11-4-14-21-2/h7-10,19H,3-6,11-14H2,1-2H3. The van der Waals surface area contributed by atoms with Gasteiger partial charge in [-0.05, 0) is 31.7 Å². The van der Waals surface area contributed by atoms with Crippen LogP contribution >= 0.6 is 0 Å². The highest BCUT2D eigenvalue weighted by Gasteiger charge is 2.12. The van der Waals surface area contributed by atoms with Crippen molar-refractivity contribution in [2.75, 3.05) is 33.4 Å². The van der Waals surface area contributed by atoms with E-state index in [1.54, 1.807) is 12.0 Å². The predicted octanol–water partition coefficient (Wildman–Crippen LogP) is 2.18. The molecule has 21 heavy (non-hydrogen) atoms. The van der Waals surface area contributed by atoms with E-state index in [1.165, 1.54) is 11.1 Å². The second-order valence-electron chi connectivity index (χ2n) is 5.29. The Labute approximate surface area is 127 Å². The number of aliphatic hydroxyl groups excluding tert-OH is 1. The van der Waals surface area contributed by atoms with E-state index < -0.39 is 0 Å². The van der Waals surface area contributed by atoms with Crippen molar-refractivity contribution in [2.45, 2.75) is 32.6 Å². The fourth-order valence-electron chi connectivity index (χ4n) is 2.24. The molecule has 0 aliphatic heterocycles. The number of aliphatic hydroxyl groups is 1. The third kappa shape index (κ3) is 7.25. The van der Waals surface area contributed by atoms with Gasteiger partial charge in [-0.2, -0.15) is 0 Å². The fraction of sp³-hybridized carbons (Fsp3) is 0.588. The Kier molecular flexibility index (Phi) is 8.71. The number of methoxy groups -OCH3 is 1. The zero-order chi connectivity index (χ0) is 15.5. The van der Waals surface area contributed by atoms with Gasteiger partial charge in [-0.1, -0.05) is 29.8 Å². The van der Waals surface area contributed by atoms with Crippen LogP contribution in [0, 0.1) is 6.92 Å². The van der Waals surface area contributed by atoms with Gasteiger partial charge in [-0.25, -0.2) is 0 Å². The number of carbonyl (C=O) groups excluding carboxylic acids is 1. The van der Waals surface area contributed by atoms with Gasteiger partial charge < -0.3 is 14.7 Å². The maximum atomic E-state index is 12.1. The van der Waals surface area contributed by atoms with E-state index in [0.717, 1.165) is 19.3 Å². The van der Waals surface area contributed by atoms with Gasteiger partial charge in [0.25, 0.3) is 0 Å². The zero-order valence-electron chi connectivity index (χ0n) is 13.2. The Morgan fingerprint density at radius 2 is 1.90 bits per heavy atom. The molecule has 0 saturated carbocycles. The number of hydrogen-bond acceptors (Lipinski definition) is 3. The quantitative estimate of drug-likeness (QED) is 0.673. The SMILES string of the molecule is COCCCN(CCO)C(=O)CCCc1ccc(C)cc1. The zero-order valence-corrected chi connectivity index (χ0v) is 13.2. The summed E-state index contributed by atoms with van der Waals surface area (Å²) < 4.78 is 5.00. The van der Waals surface area contributed by atoms with Gasteiger partial charge in [-0.3, -0.25) is 4.79 Å². The third-order valence-corrected chi connectivity index (χ3v) is 3.48. The van der Waals surface area contributed by atoms with Gasteiger partial charge in [0, 0.05) is 33.2 Å². The minimum atomic E-state index is 0.0106. The lowest BCUT2D eigenvalue weighted by molar-refractivity contribution is -0.132. The molecular formula is C17H27NO3. The van der Waals surface area contributed by atoms with Crippen molar-refractivity contribution in [3.8, 4) is 0 Å². The number of rotatable bonds is 10. The molecule has 1 aromatic rings. The Morgan fingerprint density at radius 3 is 2.52 bits per heavy atom. The van der Waals surface area contributed by atoms with Crippen molar-refractivity contribution in [2.24, 2.45) is 0 Å². The van der Waals surface area contributed by atoms with Crippen LogP contribution in [0.25, 0.3) is 0 Å². The number of benzene rings is 1. The first-order valence-electron chi connectivity index (χ1n) is 7.60. The molecule has 0 radical (unpaired) electrons. The normalized spacial score (nSPS) is 10.6. The molecule has 0 atom stereocenters. The smallest absolute Gasteiger partial charge is 0.222 e. The Bertz CT molecular complexity index is 403. The lowest BCUT2D eigenvalue weighted by atomic mass is 10.1. The molecule has 1 rings (SSSR count). The van der Waals surface area contributed by atoms with Crippen molar-refractivity contribution >= 4 is 5.91 Å². The molecule has 0 aliphatic carbocycles. The minimum absolute atomic E-state index is 0.0106. The van der Waals surface area contributed by atoms with Crippen LogP contribution in [0.1, 0.15) is 30.4 Å². The summed E-state index contributed by atoms with van der Waals surface area (Å²) in [6.45, 7) is 3.78. The van der Waals surface area contributed by atoms with Crippen LogP contribution in [-0.4, -0.2) is 49.3 Å². The monoisotopic (exact) mass is 293 g/mol. The average Bonchev–Trinajstić information content (AvgIpc) is 2.48. The molecule has 0 aromatic heterocycles. The van der Waals surface area contributed by atoms with Crippen LogP contribution in [0.15, 0.2) is 24.3 Å². The first-order valence-corrected chi connectivity index (χ1v) is 7.60. The van der Waals surface area contributed by atoms with Crippen molar-refractivity contribution in [1.29, 1.82) is 0 Å². The van der Waals surface area contributed by atoms with Gasteiger partial charge >= 0.3 is 0 Å². The third-order valence-electron chi connectivity index (χ3n) is 3.48. The number of nitrogens with zero attached hydrogens (tertiary/aromatic N) is 1. The minimum Gasteiger partial charge on any atom is -0.395 e. The van der Waals surface area contributed by atoms with E-state index in [-0.39, 0.29) is 12.5 Å². The van der Waals surface area contributed by atoms with E-state index in [2.05, 4.69) is 31.2 Å². The Morgan fingerprint density at radius 1 is 1.19 bits per heavy atom. The highest BCUT2D eigenvalue weighted by Crippen LogP contribution is 2.08. The Balaban J connectivity index is 2.33. The first-order chi connectivity index (χ1) is 10.2. The molecule has 0 aliphatic rings. The summed E-state index contributed by atoms with van der Waals surface area (Å²) >= 11 is 0. The number of ether oxygens (including phenoxy) is 1. The van der Waals surface area contributed by atoms with E-state index in [9.17, 15) is 4.79 Å². The molecule has 0 spiro atoms. The molecule has 0 fully saturated rings. The van der Waals surface area contributed by atoms with E-state index in [1.807, 2.05) is 0 Å². The van der Waals surface area contributed by atoms with Gasteiger partial charge in [0.2, 0.25) is 5.91 Å². The number of carbonyl (C=O) groups is 1. The van der Waals surface area contributed by atoms with Crippen LogP contribution in [-0.2, 0) is 16.0 Å². The van der Waals surface area contributed by atoms with E-state index >= 15 is 0 Å². The molecule has 0 unspecified atom stereocenters. The largest absolute Gasteiger partial charge is 0.395 e. The molecule has 0 bridgehead atoms. The predicted molar refractivity (Wildman–Crippen MR) is 84.3 cm³/mol. The van der Waals surface area contributed by atoms with Gasteiger partial charge in [0.05, 0.1) is 6.61 Å². The molecule has 4 nitrogen and oxygen atoms in total. The van der Waals surface area contributed by atoms with Gasteiger partial charge in [0.1, 0.15) is 0 Å². The van der Waals surface area contributed by atoms with Crippen LogP contribution in [0.4, 0.5) is 0 Å². The van der Waals surface area contributed by atoms with Gasteiger partial charge in [-0.15, -0.1) is 0 Å². The summed E-state index contributed by atoms with van der Waals surface area (Å²) in [6.07, 6.45) is 3.09. The van der Waals surface area contributed by atoms with Crippen molar-refractivity contribution in [3.63, 3.8) is 0 Å². The van der Waals surface area contributed by atoms with Crippen molar-refractivity contribution in [1.82, 2.24) is 4.90 Å². The summed E-state index contributed by atoms with van der Waals surface area (Å²) in [6, 6.07) is 8.42. The van der Waals surface area contributed by atoms with E-state index in [4.69, 9.17) is 9.84 Å². The molecule has 1 aromatic carbocycles. The average molecular weight is 293 g/mol. The molecule has 118 valence electrons. The second-order valence-corrected chi connectivity index (χ2v) is 5.29. The summed E-state index contributed by atoms with van der Waals surface area (Å²) in [4.78, 5) is 13.9. The van der Waals surface area contributed by atoms with Crippen molar-refractivity contribution < 1.29 is 14.6 Å². The first kappa shape index (κ1) is 17.7.